The summed E-state index contributed by atoms with van der Waals surface area (Å²) in [5.74, 6) is 0. The number of rotatable bonds is 7. The molecule has 0 unspecified atom stereocenters. The van der Waals surface area contributed by atoms with Crippen LogP contribution in [-0.2, 0) is 0 Å². The summed E-state index contributed by atoms with van der Waals surface area (Å²) >= 11 is 0. The summed E-state index contributed by atoms with van der Waals surface area (Å²) in [4.78, 5) is 0. The van der Waals surface area contributed by atoms with Crippen LogP contribution in [0, 0.1) is 0 Å². The zero-order valence-electron chi connectivity index (χ0n) is 12.9. The molecule has 0 aliphatic heterocycles. The van der Waals surface area contributed by atoms with Crippen LogP contribution in [0.5, 0.6) is 0 Å². The van der Waals surface area contributed by atoms with E-state index in [0.29, 0.717) is 0 Å². The molecule has 0 aromatic carbocycles. The van der Waals surface area contributed by atoms with Gasteiger partial charge in [0.05, 0.1) is 0 Å². The Morgan fingerprint density at radius 2 is 0.944 bits per heavy atom. The van der Waals surface area contributed by atoms with Gasteiger partial charge in [-0.1, -0.05) is 45.1 Å². The molecule has 0 radical (unpaired) electrons. The van der Waals surface area contributed by atoms with E-state index in [4.69, 9.17) is 0 Å². The van der Waals surface area contributed by atoms with Gasteiger partial charge in [-0.2, -0.15) is 0 Å². The minimum Gasteiger partial charge on any atom is -0.106 e. The molecule has 0 aliphatic carbocycles. The smallest absolute Gasteiger partial charge is 0.0353 e. The normalized spacial score (nSPS) is 6.28. The second-order valence-electron chi connectivity index (χ2n) is 2.85. The number of allylic oxidation sites excluding steroid dienone is 1. The van der Waals surface area contributed by atoms with E-state index in [1.165, 1.54) is 44.9 Å². The third-order valence-corrected chi connectivity index (χ3v) is 1.76. The van der Waals surface area contributed by atoms with Crippen LogP contribution in [0.15, 0.2) is 65.3 Å². The van der Waals surface area contributed by atoms with E-state index in [0.717, 1.165) is 0 Å². The summed E-state index contributed by atoms with van der Waals surface area (Å²) in [6.45, 7) is 29.9. The Labute approximate surface area is 118 Å². The third kappa shape index (κ3) is 84.9. The lowest BCUT2D eigenvalue weighted by Gasteiger charge is -1.96. The quantitative estimate of drug-likeness (QED) is 0.334. The highest BCUT2D eigenvalue weighted by Crippen LogP contribution is 2.06. The highest BCUT2D eigenvalue weighted by atomic mass is 13.9. The predicted octanol–water partition coefficient (Wildman–Crippen LogP) is 7.13. The Hall–Kier alpha value is -1.30. The number of unbranched alkanes of at least 4 members (excludes halogenated alkanes) is 6. The fourth-order valence-electron chi connectivity index (χ4n) is 1.07. The minimum absolute atomic E-state index is 1.20. The van der Waals surface area contributed by atoms with E-state index in [1.54, 1.807) is 0 Å². The molecule has 0 N–H and O–H groups in total. The molecule has 0 heterocycles. The highest BCUT2D eigenvalue weighted by molar-refractivity contribution is 4.65. The zero-order valence-corrected chi connectivity index (χ0v) is 12.9. The molecule has 0 bridgehead atoms. The van der Waals surface area contributed by atoms with Crippen molar-refractivity contribution in [2.75, 3.05) is 0 Å². The maximum absolute atomic E-state index is 3.69. The van der Waals surface area contributed by atoms with Crippen LogP contribution in [0.4, 0.5) is 0 Å². The van der Waals surface area contributed by atoms with E-state index >= 15 is 0 Å². The third-order valence-electron chi connectivity index (χ3n) is 1.76. The molecule has 0 spiro atoms. The van der Waals surface area contributed by atoms with Gasteiger partial charge in [0.15, 0.2) is 0 Å². The summed E-state index contributed by atoms with van der Waals surface area (Å²) in [6.07, 6.45) is 11.6. The van der Waals surface area contributed by atoms with E-state index in [-0.39, 0.29) is 0 Å². The molecule has 0 atom stereocenters. The van der Waals surface area contributed by atoms with E-state index in [1.807, 2.05) is 6.08 Å². The van der Waals surface area contributed by atoms with Gasteiger partial charge in [-0.3, -0.25) is 0 Å². The van der Waals surface area contributed by atoms with Crippen molar-refractivity contribution < 1.29 is 0 Å². The topological polar surface area (TPSA) is 0 Å². The lowest BCUT2D eigenvalue weighted by atomic mass is 10.1. The molecule has 0 fully saturated rings. The minimum atomic E-state index is 1.20. The predicted molar refractivity (Wildman–Crippen MR) is 93.2 cm³/mol. The van der Waals surface area contributed by atoms with Gasteiger partial charge >= 0.3 is 0 Å². The number of hydrogen-bond acceptors (Lipinski definition) is 0. The van der Waals surface area contributed by atoms with E-state index < -0.39 is 0 Å². The van der Waals surface area contributed by atoms with Crippen LogP contribution in [0.25, 0.3) is 0 Å². The molecule has 0 heteroatoms. The molecule has 0 aromatic rings. The van der Waals surface area contributed by atoms with E-state index in [9.17, 15) is 0 Å². The van der Waals surface area contributed by atoms with Crippen LogP contribution >= 0.6 is 0 Å². The van der Waals surface area contributed by atoms with Crippen molar-refractivity contribution in [1.82, 2.24) is 0 Å². The molecule has 0 rings (SSSR count). The van der Waals surface area contributed by atoms with Crippen LogP contribution < -0.4 is 0 Å². The Morgan fingerprint density at radius 1 is 0.611 bits per heavy atom. The molecule has 0 saturated carbocycles. The second kappa shape index (κ2) is 75.6. The fourth-order valence-corrected chi connectivity index (χ4v) is 1.07. The summed E-state index contributed by atoms with van der Waals surface area (Å²) in [5, 5.41) is 0. The van der Waals surface area contributed by atoms with Crippen LogP contribution in [-0.4, -0.2) is 0 Å². The molecule has 0 aliphatic rings. The molecular weight excluding hydrogens is 216 g/mol. The van der Waals surface area contributed by atoms with Gasteiger partial charge in [-0.05, 0) is 12.8 Å². The molecule has 0 nitrogen and oxygen atoms in total. The summed E-state index contributed by atoms with van der Waals surface area (Å²) in [6, 6.07) is 0. The fraction of sp³-hybridized carbons (Fsp3) is 0.444. The number of hydrogen-bond donors (Lipinski definition) is 0. The van der Waals surface area contributed by atoms with Gasteiger partial charge in [-0.25, -0.2) is 0 Å². The largest absolute Gasteiger partial charge is 0.106 e. The first-order valence-corrected chi connectivity index (χ1v) is 6.52. The lowest BCUT2D eigenvalue weighted by molar-refractivity contribution is 0.611. The molecule has 0 saturated heterocycles. The van der Waals surface area contributed by atoms with Crippen molar-refractivity contribution in [3.05, 3.63) is 65.3 Å². The average Bonchev–Trinajstić information content (AvgIpc) is 2.51. The Bertz CT molecular complexity index is 96.6. The second-order valence-corrected chi connectivity index (χ2v) is 2.85. The van der Waals surface area contributed by atoms with Gasteiger partial charge in [0.1, 0.15) is 0 Å². The van der Waals surface area contributed by atoms with Crippen LogP contribution in [0.2, 0.25) is 0 Å². The van der Waals surface area contributed by atoms with E-state index in [2.05, 4.69) is 66.1 Å². The van der Waals surface area contributed by atoms with Crippen molar-refractivity contribution in [3.8, 4) is 0 Å². The summed E-state index contributed by atoms with van der Waals surface area (Å²) < 4.78 is 0. The molecular formula is C18H36. The van der Waals surface area contributed by atoms with Crippen molar-refractivity contribution in [2.45, 2.75) is 51.9 Å². The molecule has 0 amide bonds. The zero-order chi connectivity index (χ0) is 15.7. The van der Waals surface area contributed by atoms with Crippen LogP contribution in [0.3, 0.4) is 0 Å². The first-order chi connectivity index (χ1) is 8.91. The van der Waals surface area contributed by atoms with Gasteiger partial charge in [0.25, 0.3) is 0 Å². The maximum Gasteiger partial charge on any atom is -0.0353 e. The van der Waals surface area contributed by atoms with Crippen molar-refractivity contribution >= 4 is 0 Å². The lowest BCUT2D eigenvalue weighted by Crippen LogP contribution is -1.76. The maximum atomic E-state index is 3.69. The monoisotopic (exact) mass is 252 g/mol. The average molecular weight is 252 g/mol. The summed E-state index contributed by atoms with van der Waals surface area (Å²) in [5.41, 5.74) is 0. The highest BCUT2D eigenvalue weighted by Gasteiger charge is 1.86. The van der Waals surface area contributed by atoms with Gasteiger partial charge < -0.3 is 0 Å². The van der Waals surface area contributed by atoms with Gasteiger partial charge in [0.2, 0.25) is 0 Å². The molecule has 108 valence electrons. The Kier molecular flexibility index (Phi) is 126. The van der Waals surface area contributed by atoms with Crippen molar-refractivity contribution in [2.24, 2.45) is 0 Å². The molecule has 0 aromatic heterocycles. The van der Waals surface area contributed by atoms with Gasteiger partial charge in [-0.15, -0.1) is 59.2 Å². The van der Waals surface area contributed by atoms with Gasteiger partial charge in [0, 0.05) is 0 Å². The Balaban J connectivity index is -0.0000000596. The Morgan fingerprint density at radius 3 is 1.28 bits per heavy atom. The molecule has 18 heavy (non-hydrogen) atoms. The van der Waals surface area contributed by atoms with Crippen molar-refractivity contribution in [3.63, 3.8) is 0 Å². The van der Waals surface area contributed by atoms with Crippen LogP contribution in [0.1, 0.15) is 51.9 Å². The van der Waals surface area contributed by atoms with Crippen molar-refractivity contribution in [1.29, 1.82) is 0 Å². The first kappa shape index (κ1) is 30.1. The SMILES string of the molecule is C=C.C=C.C=C.C=C.C=CCCCCCCCC. The first-order valence-electron chi connectivity index (χ1n) is 6.52. The standard InChI is InChI=1S/C10H20.4C2H4/c1-3-5-7-9-10-8-6-4-2;4*1-2/h3H,1,4-10H2,2H3;4*1-2H2. The summed E-state index contributed by atoms with van der Waals surface area (Å²) in [7, 11) is 0.